The van der Waals surface area contributed by atoms with Crippen molar-refractivity contribution in [3.63, 3.8) is 0 Å². The fraction of sp³-hybridized carbons (Fsp3) is 0.737. The molecule has 0 radical (unpaired) electrons. The van der Waals surface area contributed by atoms with Gasteiger partial charge >= 0.3 is 0 Å². The van der Waals surface area contributed by atoms with E-state index in [1.54, 1.807) is 6.33 Å². The predicted octanol–water partition coefficient (Wildman–Crippen LogP) is 3.12. The first-order valence-corrected chi connectivity index (χ1v) is 9.49. The lowest BCUT2D eigenvalue weighted by Crippen LogP contribution is -2.70. The Morgan fingerprint density at radius 2 is 1.92 bits per heavy atom. The highest BCUT2D eigenvalue weighted by atomic mass is 16.2. The minimum atomic E-state index is 0.0897. The second-order valence-electron chi connectivity index (χ2n) is 8.15. The minimum Gasteiger partial charge on any atom is -0.357 e. The molecule has 130 valence electrons. The molecule has 5 nitrogen and oxygen atoms in total. The Hall–Kier alpha value is -1.65. The van der Waals surface area contributed by atoms with E-state index in [2.05, 4.69) is 33.6 Å². The van der Waals surface area contributed by atoms with E-state index < -0.39 is 0 Å². The lowest BCUT2D eigenvalue weighted by molar-refractivity contribution is -0.121. The number of rotatable bonds is 3. The van der Waals surface area contributed by atoms with Gasteiger partial charge in [0.15, 0.2) is 0 Å². The maximum atomic E-state index is 13.0. The number of hydrogen-bond acceptors (Lipinski definition) is 4. The van der Waals surface area contributed by atoms with Gasteiger partial charge in [0.1, 0.15) is 17.8 Å². The van der Waals surface area contributed by atoms with Crippen LogP contribution in [0.5, 0.6) is 0 Å². The van der Waals surface area contributed by atoms with Crippen molar-refractivity contribution in [2.75, 3.05) is 24.5 Å². The summed E-state index contributed by atoms with van der Waals surface area (Å²) in [5.74, 6) is 1.51. The highest BCUT2D eigenvalue weighted by Crippen LogP contribution is 2.55. The predicted molar refractivity (Wildman–Crippen MR) is 94.0 cm³/mol. The summed E-state index contributed by atoms with van der Waals surface area (Å²) in [5.41, 5.74) is 0.970. The molecule has 1 atom stereocenters. The fourth-order valence-electron chi connectivity index (χ4n) is 5.01. The van der Waals surface area contributed by atoms with Gasteiger partial charge in [-0.3, -0.25) is 4.79 Å². The van der Waals surface area contributed by atoms with Gasteiger partial charge in [0, 0.05) is 37.2 Å². The van der Waals surface area contributed by atoms with E-state index >= 15 is 0 Å². The first-order valence-electron chi connectivity index (χ1n) is 9.49. The molecule has 1 unspecified atom stereocenters. The van der Waals surface area contributed by atoms with Gasteiger partial charge in [-0.15, -0.1) is 0 Å². The molecule has 1 saturated carbocycles. The molecule has 3 heterocycles. The van der Waals surface area contributed by atoms with Crippen molar-refractivity contribution in [1.29, 1.82) is 0 Å². The van der Waals surface area contributed by atoms with Gasteiger partial charge in [-0.25, -0.2) is 9.97 Å². The average Bonchev–Trinajstić information content (AvgIpc) is 2.53. The molecular weight excluding hydrogens is 300 g/mol. The summed E-state index contributed by atoms with van der Waals surface area (Å²) in [4.78, 5) is 26.1. The quantitative estimate of drug-likeness (QED) is 0.855. The molecule has 3 fully saturated rings. The summed E-state index contributed by atoms with van der Waals surface area (Å²) in [6.07, 6.45) is 9.14. The zero-order valence-corrected chi connectivity index (χ0v) is 14.9. The second-order valence-corrected chi connectivity index (χ2v) is 8.15. The Balaban J connectivity index is 1.52. The molecule has 1 spiro atoms. The average molecular weight is 328 g/mol. The maximum absolute atomic E-state index is 13.0. The number of hydrogen-bond donors (Lipinski definition) is 0. The van der Waals surface area contributed by atoms with E-state index in [0.29, 0.717) is 23.1 Å². The lowest BCUT2D eigenvalue weighted by Gasteiger charge is -2.64. The first kappa shape index (κ1) is 15.9. The number of carbonyl (C=O) groups excluding carboxylic acids is 1. The van der Waals surface area contributed by atoms with Crippen molar-refractivity contribution < 1.29 is 4.79 Å². The first-order chi connectivity index (χ1) is 11.6. The number of amides is 1. The molecule has 24 heavy (non-hydrogen) atoms. The number of aromatic nitrogens is 2. The van der Waals surface area contributed by atoms with Crippen molar-refractivity contribution >= 4 is 11.7 Å². The Kier molecular flexibility index (Phi) is 3.97. The molecule has 2 aliphatic heterocycles. The second kappa shape index (κ2) is 6.01. The topological polar surface area (TPSA) is 49.3 Å². The van der Waals surface area contributed by atoms with Crippen molar-refractivity contribution in [2.24, 2.45) is 11.3 Å². The zero-order valence-electron chi connectivity index (χ0n) is 14.9. The molecule has 4 rings (SSSR count). The van der Waals surface area contributed by atoms with E-state index in [1.807, 2.05) is 6.07 Å². The monoisotopic (exact) mass is 328 g/mol. The Labute approximate surface area is 144 Å². The van der Waals surface area contributed by atoms with E-state index in [1.165, 1.54) is 38.5 Å². The van der Waals surface area contributed by atoms with Gasteiger partial charge in [-0.2, -0.15) is 0 Å². The van der Waals surface area contributed by atoms with Crippen LogP contribution in [0, 0.1) is 11.3 Å². The lowest BCUT2D eigenvalue weighted by atomic mass is 9.55. The van der Waals surface area contributed by atoms with Gasteiger partial charge in [-0.05, 0) is 38.0 Å². The summed E-state index contributed by atoms with van der Waals surface area (Å²) in [5, 5.41) is 0. The van der Waals surface area contributed by atoms with E-state index in [4.69, 9.17) is 0 Å². The van der Waals surface area contributed by atoms with Crippen LogP contribution in [0.25, 0.3) is 0 Å². The Morgan fingerprint density at radius 3 is 2.54 bits per heavy atom. The van der Waals surface area contributed by atoms with Gasteiger partial charge in [0.25, 0.3) is 5.91 Å². The molecule has 1 aromatic heterocycles. The van der Waals surface area contributed by atoms with Crippen LogP contribution in [0.1, 0.15) is 62.9 Å². The van der Waals surface area contributed by atoms with Crippen LogP contribution < -0.4 is 4.90 Å². The fourth-order valence-corrected chi connectivity index (χ4v) is 5.01. The number of piperidine rings is 1. The molecule has 5 heteroatoms. The van der Waals surface area contributed by atoms with Crippen LogP contribution in [-0.2, 0) is 0 Å². The summed E-state index contributed by atoms with van der Waals surface area (Å²) in [6.45, 7) is 7.46. The zero-order chi connectivity index (χ0) is 16.7. The molecule has 1 amide bonds. The van der Waals surface area contributed by atoms with Crippen molar-refractivity contribution in [3.8, 4) is 0 Å². The Morgan fingerprint density at radius 1 is 1.17 bits per heavy atom. The van der Waals surface area contributed by atoms with Crippen LogP contribution in [0.3, 0.4) is 0 Å². The maximum Gasteiger partial charge on any atom is 0.272 e. The summed E-state index contributed by atoms with van der Waals surface area (Å²) < 4.78 is 0. The molecular formula is C19H28N4O. The van der Waals surface area contributed by atoms with Crippen LogP contribution in [0.15, 0.2) is 12.4 Å². The summed E-state index contributed by atoms with van der Waals surface area (Å²) in [6, 6.07) is 2.28. The summed E-state index contributed by atoms with van der Waals surface area (Å²) >= 11 is 0. The highest BCUT2D eigenvalue weighted by molar-refractivity contribution is 5.94. The molecule has 3 aliphatic rings. The highest BCUT2D eigenvalue weighted by Gasteiger charge is 2.58. The largest absolute Gasteiger partial charge is 0.357 e. The number of carbonyl (C=O) groups is 1. The van der Waals surface area contributed by atoms with Crippen LogP contribution in [0.4, 0.5) is 5.82 Å². The third kappa shape index (κ3) is 2.49. The third-order valence-electron chi connectivity index (χ3n) is 6.24. The van der Waals surface area contributed by atoms with Crippen LogP contribution >= 0.6 is 0 Å². The van der Waals surface area contributed by atoms with Crippen molar-refractivity contribution in [1.82, 2.24) is 14.9 Å². The van der Waals surface area contributed by atoms with Gasteiger partial charge < -0.3 is 9.80 Å². The normalized spacial score (nSPS) is 25.5. The molecule has 1 aromatic rings. The molecule has 0 N–H and O–H groups in total. The molecule has 0 aromatic carbocycles. The smallest absolute Gasteiger partial charge is 0.272 e. The molecule has 2 saturated heterocycles. The summed E-state index contributed by atoms with van der Waals surface area (Å²) in [7, 11) is 0. The standard InChI is InChI=1S/C19H28N4O/c1-14(2)17-19(7-6-8-19)12-23(17)18(24)15-11-16(21-13-20-15)22-9-4-3-5-10-22/h11,13-14,17H,3-10,12H2,1-2H3. The van der Waals surface area contributed by atoms with Crippen LogP contribution in [-0.4, -0.2) is 46.5 Å². The Bertz CT molecular complexity index is 620. The van der Waals surface area contributed by atoms with Crippen molar-refractivity contribution in [3.05, 3.63) is 18.1 Å². The minimum absolute atomic E-state index is 0.0897. The molecule has 1 aliphatic carbocycles. The van der Waals surface area contributed by atoms with Gasteiger partial charge in [0.05, 0.1) is 0 Å². The molecule has 0 bridgehead atoms. The number of nitrogens with zero attached hydrogens (tertiary/aromatic N) is 4. The van der Waals surface area contributed by atoms with Gasteiger partial charge in [-0.1, -0.05) is 20.3 Å². The third-order valence-corrected chi connectivity index (χ3v) is 6.24. The SMILES string of the molecule is CC(C)C1N(C(=O)c2cc(N3CCCCC3)ncn2)CC12CCC2. The van der Waals surface area contributed by atoms with E-state index in [-0.39, 0.29) is 5.91 Å². The number of likely N-dealkylation sites (tertiary alicyclic amines) is 1. The number of anilines is 1. The van der Waals surface area contributed by atoms with E-state index in [0.717, 1.165) is 25.5 Å². The van der Waals surface area contributed by atoms with E-state index in [9.17, 15) is 4.79 Å². The van der Waals surface area contributed by atoms with Crippen molar-refractivity contribution in [2.45, 2.75) is 58.4 Å². The van der Waals surface area contributed by atoms with Crippen LogP contribution in [0.2, 0.25) is 0 Å². The van der Waals surface area contributed by atoms with Gasteiger partial charge in [0.2, 0.25) is 0 Å².